The van der Waals surface area contributed by atoms with Crippen molar-refractivity contribution in [2.45, 2.75) is 13.0 Å². The minimum absolute atomic E-state index is 0.192. The van der Waals surface area contributed by atoms with Gasteiger partial charge in [-0.1, -0.05) is 29.8 Å². The van der Waals surface area contributed by atoms with Crippen molar-refractivity contribution in [2.24, 2.45) is 0 Å². The van der Waals surface area contributed by atoms with E-state index in [9.17, 15) is 9.59 Å². The van der Waals surface area contributed by atoms with Gasteiger partial charge in [-0.15, -0.1) is 0 Å². The first-order chi connectivity index (χ1) is 12.0. The van der Waals surface area contributed by atoms with Crippen LogP contribution in [0.3, 0.4) is 0 Å². The third-order valence-electron chi connectivity index (χ3n) is 3.70. The number of hydrogen-bond donors (Lipinski definition) is 1. The maximum absolute atomic E-state index is 12.0. The Bertz CT molecular complexity index is 808. The highest BCUT2D eigenvalue weighted by atomic mass is 35.5. The Morgan fingerprint density at radius 1 is 1.20 bits per heavy atom. The first-order valence-corrected chi connectivity index (χ1v) is 8.03. The fraction of sp³-hybridized carbons (Fsp3) is 0.222. The molecule has 2 aromatic rings. The van der Waals surface area contributed by atoms with Crippen LogP contribution in [-0.4, -0.2) is 25.3 Å². The van der Waals surface area contributed by atoms with Crippen LogP contribution in [0.25, 0.3) is 0 Å². The molecule has 1 N–H and O–H groups in total. The van der Waals surface area contributed by atoms with Gasteiger partial charge < -0.3 is 19.5 Å². The van der Waals surface area contributed by atoms with Gasteiger partial charge in [-0.25, -0.2) is 4.79 Å². The SMILES string of the molecule is C[C@H](NC(=O)COC(=O)c1ccccc1Cl)c1ccc2c(c1)OCO2. The molecule has 0 bridgehead atoms. The predicted molar refractivity (Wildman–Crippen MR) is 90.9 cm³/mol. The lowest BCUT2D eigenvalue weighted by Crippen LogP contribution is -2.31. The Labute approximate surface area is 149 Å². The molecule has 6 nitrogen and oxygen atoms in total. The van der Waals surface area contributed by atoms with Gasteiger partial charge in [0.25, 0.3) is 5.91 Å². The van der Waals surface area contributed by atoms with E-state index in [1.165, 1.54) is 6.07 Å². The highest BCUT2D eigenvalue weighted by Gasteiger charge is 2.18. The van der Waals surface area contributed by atoms with E-state index in [0.717, 1.165) is 5.56 Å². The molecule has 0 fully saturated rings. The molecule has 1 aliphatic heterocycles. The van der Waals surface area contributed by atoms with Crippen molar-refractivity contribution in [3.63, 3.8) is 0 Å². The number of fused-ring (bicyclic) bond motifs is 1. The number of benzene rings is 2. The van der Waals surface area contributed by atoms with E-state index < -0.39 is 11.9 Å². The van der Waals surface area contributed by atoms with Crippen molar-refractivity contribution in [3.8, 4) is 11.5 Å². The summed E-state index contributed by atoms with van der Waals surface area (Å²) in [6.07, 6.45) is 0. The average Bonchev–Trinajstić information content (AvgIpc) is 3.07. The molecule has 0 unspecified atom stereocenters. The fourth-order valence-electron chi connectivity index (χ4n) is 2.38. The number of hydrogen-bond acceptors (Lipinski definition) is 5. The molecule has 3 rings (SSSR count). The largest absolute Gasteiger partial charge is 0.454 e. The van der Waals surface area contributed by atoms with E-state index in [4.69, 9.17) is 25.8 Å². The summed E-state index contributed by atoms with van der Waals surface area (Å²) in [6, 6.07) is 11.7. The topological polar surface area (TPSA) is 73.9 Å². The smallest absolute Gasteiger partial charge is 0.340 e. The number of nitrogens with one attached hydrogen (secondary N) is 1. The van der Waals surface area contributed by atoms with Gasteiger partial charge in [0.1, 0.15) is 0 Å². The zero-order chi connectivity index (χ0) is 17.8. The maximum Gasteiger partial charge on any atom is 0.340 e. The number of halogens is 1. The summed E-state index contributed by atoms with van der Waals surface area (Å²) in [5, 5.41) is 3.04. The van der Waals surface area contributed by atoms with Crippen LogP contribution in [-0.2, 0) is 9.53 Å². The Hall–Kier alpha value is -2.73. The summed E-state index contributed by atoms with van der Waals surface area (Å²) in [5.41, 5.74) is 1.08. The highest BCUT2D eigenvalue weighted by Crippen LogP contribution is 2.34. The molecule has 2 aromatic carbocycles. The normalized spacial score (nSPS) is 13.2. The van der Waals surface area contributed by atoms with Crippen LogP contribution < -0.4 is 14.8 Å². The van der Waals surface area contributed by atoms with Crippen LogP contribution >= 0.6 is 11.6 Å². The van der Waals surface area contributed by atoms with Crippen LogP contribution in [0.4, 0.5) is 0 Å². The van der Waals surface area contributed by atoms with Crippen molar-refractivity contribution in [1.29, 1.82) is 0 Å². The quantitative estimate of drug-likeness (QED) is 0.828. The second-order valence-electron chi connectivity index (χ2n) is 5.46. The summed E-state index contributed by atoms with van der Waals surface area (Å²) >= 11 is 5.92. The Balaban J connectivity index is 1.54. The third-order valence-corrected chi connectivity index (χ3v) is 4.03. The summed E-state index contributed by atoms with van der Waals surface area (Å²) in [4.78, 5) is 23.9. The van der Waals surface area contributed by atoms with Gasteiger partial charge in [0.2, 0.25) is 6.79 Å². The number of carbonyl (C=O) groups is 2. The number of rotatable bonds is 5. The zero-order valence-corrected chi connectivity index (χ0v) is 14.2. The molecule has 0 spiro atoms. The molecule has 0 aromatic heterocycles. The molecule has 1 amide bonds. The standard InChI is InChI=1S/C18H16ClNO5/c1-11(12-6-7-15-16(8-12)25-10-24-15)20-17(21)9-23-18(22)13-4-2-3-5-14(13)19/h2-8,11H,9-10H2,1H3,(H,20,21)/t11-/m0/s1. The predicted octanol–water partition coefficient (Wildman–Crippen LogP) is 3.10. The van der Waals surface area contributed by atoms with Gasteiger partial charge in [-0.2, -0.15) is 0 Å². The number of carbonyl (C=O) groups excluding carboxylic acids is 2. The van der Waals surface area contributed by atoms with Crippen molar-refractivity contribution < 1.29 is 23.8 Å². The van der Waals surface area contributed by atoms with Gasteiger partial charge in [0.05, 0.1) is 16.6 Å². The highest BCUT2D eigenvalue weighted by molar-refractivity contribution is 6.33. The number of ether oxygens (including phenoxy) is 3. The summed E-state index contributed by atoms with van der Waals surface area (Å²) in [5.74, 6) is 0.266. The molecule has 130 valence electrons. The molecule has 7 heteroatoms. The van der Waals surface area contributed by atoms with E-state index in [1.54, 1.807) is 24.3 Å². The fourth-order valence-corrected chi connectivity index (χ4v) is 2.60. The lowest BCUT2D eigenvalue weighted by Gasteiger charge is -2.15. The van der Waals surface area contributed by atoms with Crippen molar-refractivity contribution >= 4 is 23.5 Å². The number of amides is 1. The van der Waals surface area contributed by atoms with Crippen LogP contribution in [0.1, 0.15) is 28.9 Å². The summed E-state index contributed by atoms with van der Waals surface area (Å²) < 4.78 is 15.6. The van der Waals surface area contributed by atoms with Crippen molar-refractivity contribution in [1.82, 2.24) is 5.32 Å². The second-order valence-corrected chi connectivity index (χ2v) is 5.87. The van der Waals surface area contributed by atoms with Crippen LogP contribution in [0, 0.1) is 0 Å². The first-order valence-electron chi connectivity index (χ1n) is 7.65. The summed E-state index contributed by atoms with van der Waals surface area (Å²) in [7, 11) is 0. The zero-order valence-electron chi connectivity index (χ0n) is 13.5. The minimum atomic E-state index is -0.642. The van der Waals surface area contributed by atoms with Crippen LogP contribution in [0.15, 0.2) is 42.5 Å². The molecule has 25 heavy (non-hydrogen) atoms. The molecule has 0 aliphatic carbocycles. The molecule has 1 atom stereocenters. The van der Waals surface area contributed by atoms with E-state index in [1.807, 2.05) is 19.1 Å². The molecular weight excluding hydrogens is 346 g/mol. The lowest BCUT2D eigenvalue weighted by molar-refractivity contribution is -0.124. The van der Waals surface area contributed by atoms with Crippen LogP contribution in [0.2, 0.25) is 5.02 Å². The van der Waals surface area contributed by atoms with Gasteiger partial charge in [-0.3, -0.25) is 4.79 Å². The number of esters is 1. The third kappa shape index (κ3) is 4.03. The first kappa shape index (κ1) is 17.1. The van der Waals surface area contributed by atoms with E-state index in [0.29, 0.717) is 11.5 Å². The van der Waals surface area contributed by atoms with Crippen molar-refractivity contribution in [3.05, 3.63) is 58.6 Å². The second kappa shape index (κ2) is 7.44. The van der Waals surface area contributed by atoms with E-state index >= 15 is 0 Å². The molecule has 0 radical (unpaired) electrons. The van der Waals surface area contributed by atoms with Gasteiger partial charge in [0.15, 0.2) is 18.1 Å². The Morgan fingerprint density at radius 3 is 2.76 bits per heavy atom. The average molecular weight is 362 g/mol. The summed E-state index contributed by atoms with van der Waals surface area (Å²) in [6.45, 7) is 1.63. The van der Waals surface area contributed by atoms with Gasteiger partial charge in [-0.05, 0) is 36.8 Å². The Kier molecular flexibility index (Phi) is 5.09. The van der Waals surface area contributed by atoms with Crippen LogP contribution in [0.5, 0.6) is 11.5 Å². The monoisotopic (exact) mass is 361 g/mol. The van der Waals surface area contributed by atoms with E-state index in [2.05, 4.69) is 5.32 Å². The van der Waals surface area contributed by atoms with Crippen molar-refractivity contribution in [2.75, 3.05) is 13.4 Å². The van der Waals surface area contributed by atoms with Gasteiger partial charge in [0, 0.05) is 0 Å². The van der Waals surface area contributed by atoms with Gasteiger partial charge >= 0.3 is 5.97 Å². The Morgan fingerprint density at radius 2 is 1.96 bits per heavy atom. The molecule has 0 saturated carbocycles. The maximum atomic E-state index is 12.0. The molecule has 1 heterocycles. The van der Waals surface area contributed by atoms with E-state index in [-0.39, 0.29) is 30.0 Å². The minimum Gasteiger partial charge on any atom is -0.454 e. The molecular formula is C18H16ClNO5. The molecule has 1 aliphatic rings. The lowest BCUT2D eigenvalue weighted by atomic mass is 10.1. The molecule has 0 saturated heterocycles.